The van der Waals surface area contributed by atoms with Crippen LogP contribution in [0.4, 0.5) is 0 Å². The van der Waals surface area contributed by atoms with E-state index in [2.05, 4.69) is 10.2 Å². The Kier molecular flexibility index (Phi) is 6.65. The zero-order valence-corrected chi connectivity index (χ0v) is 16.4. The molecular weight excluding hydrogens is 396 g/mol. The van der Waals surface area contributed by atoms with E-state index in [9.17, 15) is 4.79 Å². The van der Waals surface area contributed by atoms with Crippen molar-refractivity contribution in [1.82, 2.24) is 10.2 Å². The summed E-state index contributed by atoms with van der Waals surface area (Å²) in [5, 5.41) is 7.87. The van der Waals surface area contributed by atoms with Crippen molar-refractivity contribution in [2.24, 2.45) is 0 Å². The summed E-state index contributed by atoms with van der Waals surface area (Å²) in [7, 11) is 2.75. The molecule has 0 saturated heterocycles. The lowest BCUT2D eigenvalue weighted by Crippen LogP contribution is -2.05. The van der Waals surface area contributed by atoms with Gasteiger partial charge < -0.3 is 18.9 Å². The molecule has 2 aromatic carbocycles. The largest absolute Gasteiger partial charge is 0.503 e. The summed E-state index contributed by atoms with van der Waals surface area (Å²) in [6, 6.07) is 17.2. The monoisotopic (exact) mass is 412 g/mol. The highest BCUT2D eigenvalue weighted by atomic mass is 35.5. The van der Waals surface area contributed by atoms with Crippen LogP contribution in [-0.4, -0.2) is 30.4 Å². The molecule has 0 radical (unpaired) electrons. The summed E-state index contributed by atoms with van der Waals surface area (Å²) in [5.74, 6) is 1.20. The van der Waals surface area contributed by atoms with Gasteiger partial charge in [-0.3, -0.25) is 0 Å². The summed E-state index contributed by atoms with van der Waals surface area (Å²) >= 11 is 5.73. The molecule has 0 unspecified atom stereocenters. The molecule has 0 aliphatic carbocycles. The Morgan fingerprint density at radius 1 is 0.931 bits per heavy atom. The third-order valence-corrected chi connectivity index (χ3v) is 3.88. The highest BCUT2D eigenvalue weighted by Crippen LogP contribution is 2.33. The highest BCUT2D eigenvalue weighted by Gasteiger charge is 2.18. The van der Waals surface area contributed by atoms with Gasteiger partial charge in [0.15, 0.2) is 5.15 Å². The number of rotatable bonds is 7. The summed E-state index contributed by atoms with van der Waals surface area (Å²) in [6.45, 7) is 0. The first kappa shape index (κ1) is 20.2. The predicted octanol–water partition coefficient (Wildman–Crippen LogP) is 4.87. The van der Waals surface area contributed by atoms with Crippen molar-refractivity contribution >= 4 is 23.1 Å². The zero-order valence-electron chi connectivity index (χ0n) is 15.7. The third kappa shape index (κ3) is 5.24. The molecule has 3 rings (SSSR count). The maximum absolute atomic E-state index is 12.1. The second-order valence-corrected chi connectivity index (χ2v) is 6.02. The maximum atomic E-state index is 12.1. The van der Waals surface area contributed by atoms with E-state index in [4.69, 9.17) is 30.5 Å². The van der Waals surface area contributed by atoms with Gasteiger partial charge in [-0.2, -0.15) is 0 Å². The molecule has 0 spiro atoms. The second kappa shape index (κ2) is 9.57. The number of hydrogen-bond donors (Lipinski definition) is 0. The van der Waals surface area contributed by atoms with E-state index in [-0.39, 0.29) is 10.7 Å². The number of methoxy groups -OCH3 is 2. The van der Waals surface area contributed by atoms with Gasteiger partial charge in [0, 0.05) is 17.7 Å². The SMILES string of the molecule is COC=C(C(=O)OC)c1ccccc1Oc1cccc(Oc2ccc(Cl)nn2)c1. The number of hydrogen-bond acceptors (Lipinski definition) is 7. The van der Waals surface area contributed by atoms with Gasteiger partial charge in [-0.05, 0) is 24.3 Å². The molecular formula is C21H17ClN2O5. The average molecular weight is 413 g/mol. The number of carbonyl (C=O) groups is 1. The van der Waals surface area contributed by atoms with E-state index in [1.807, 2.05) is 0 Å². The van der Waals surface area contributed by atoms with E-state index in [1.54, 1.807) is 60.7 Å². The number of carbonyl (C=O) groups excluding carboxylic acids is 1. The summed E-state index contributed by atoms with van der Waals surface area (Å²) < 4.78 is 21.5. The molecule has 0 bridgehead atoms. The molecule has 0 amide bonds. The van der Waals surface area contributed by atoms with Crippen molar-refractivity contribution in [2.45, 2.75) is 0 Å². The fourth-order valence-electron chi connectivity index (χ4n) is 2.43. The molecule has 0 aliphatic rings. The van der Waals surface area contributed by atoms with Crippen LogP contribution in [0.1, 0.15) is 5.56 Å². The number of benzene rings is 2. The molecule has 0 saturated carbocycles. The van der Waals surface area contributed by atoms with Gasteiger partial charge in [-0.25, -0.2) is 4.79 Å². The first-order valence-corrected chi connectivity index (χ1v) is 8.84. The summed E-state index contributed by atoms with van der Waals surface area (Å²) in [6.07, 6.45) is 1.31. The van der Waals surface area contributed by atoms with Crippen LogP contribution in [0.2, 0.25) is 5.15 Å². The minimum Gasteiger partial charge on any atom is -0.503 e. The third-order valence-electron chi connectivity index (χ3n) is 3.68. The molecule has 8 heteroatoms. The van der Waals surface area contributed by atoms with Gasteiger partial charge in [0.05, 0.1) is 20.5 Å². The van der Waals surface area contributed by atoms with Gasteiger partial charge in [0.25, 0.3) is 0 Å². The number of ether oxygens (including phenoxy) is 4. The van der Waals surface area contributed by atoms with Crippen molar-refractivity contribution in [2.75, 3.05) is 14.2 Å². The molecule has 0 aliphatic heterocycles. The standard InChI is InChI=1S/C21H17ClN2O5/c1-26-13-17(21(25)27-2)16-8-3-4-9-18(16)28-14-6-5-7-15(12-14)29-20-11-10-19(22)23-24-20/h3-13H,1-2H3. The van der Waals surface area contributed by atoms with Crippen LogP contribution < -0.4 is 9.47 Å². The highest BCUT2D eigenvalue weighted by molar-refractivity contribution is 6.29. The van der Waals surface area contributed by atoms with E-state index in [1.165, 1.54) is 20.5 Å². The van der Waals surface area contributed by atoms with Crippen LogP contribution in [0.5, 0.6) is 23.1 Å². The van der Waals surface area contributed by atoms with Crippen LogP contribution in [0, 0.1) is 0 Å². The normalized spacial score (nSPS) is 10.9. The fourth-order valence-corrected chi connectivity index (χ4v) is 2.54. The van der Waals surface area contributed by atoms with Gasteiger partial charge in [0.2, 0.25) is 5.88 Å². The number of nitrogens with zero attached hydrogens (tertiary/aromatic N) is 2. The van der Waals surface area contributed by atoms with E-state index < -0.39 is 5.97 Å². The maximum Gasteiger partial charge on any atom is 0.341 e. The van der Waals surface area contributed by atoms with E-state index in [0.29, 0.717) is 28.7 Å². The number of halogens is 1. The molecule has 29 heavy (non-hydrogen) atoms. The van der Waals surface area contributed by atoms with E-state index in [0.717, 1.165) is 0 Å². The van der Waals surface area contributed by atoms with Crippen LogP contribution >= 0.6 is 11.6 Å². The van der Waals surface area contributed by atoms with Crippen molar-refractivity contribution < 1.29 is 23.7 Å². The van der Waals surface area contributed by atoms with Crippen molar-refractivity contribution in [3.8, 4) is 23.1 Å². The molecule has 148 valence electrons. The molecule has 1 heterocycles. The topological polar surface area (TPSA) is 79.8 Å². The Bertz CT molecular complexity index is 1020. The average Bonchev–Trinajstić information content (AvgIpc) is 2.74. The Hall–Kier alpha value is -3.58. The van der Waals surface area contributed by atoms with E-state index >= 15 is 0 Å². The Balaban J connectivity index is 1.86. The number of aromatic nitrogens is 2. The molecule has 0 atom stereocenters. The fraction of sp³-hybridized carbons (Fsp3) is 0.0952. The zero-order chi connectivity index (χ0) is 20.6. The van der Waals surface area contributed by atoms with Gasteiger partial charge >= 0.3 is 5.97 Å². The Morgan fingerprint density at radius 2 is 1.69 bits per heavy atom. The lowest BCUT2D eigenvalue weighted by Gasteiger charge is -2.13. The van der Waals surface area contributed by atoms with Crippen molar-refractivity contribution in [3.05, 3.63) is 77.6 Å². The molecule has 0 fully saturated rings. The van der Waals surface area contributed by atoms with Crippen molar-refractivity contribution in [3.63, 3.8) is 0 Å². The molecule has 0 N–H and O–H groups in total. The van der Waals surface area contributed by atoms with Gasteiger partial charge in [-0.1, -0.05) is 35.9 Å². The minimum absolute atomic E-state index is 0.231. The van der Waals surface area contributed by atoms with Crippen LogP contribution in [0.15, 0.2) is 66.9 Å². The van der Waals surface area contributed by atoms with Gasteiger partial charge in [-0.15, -0.1) is 10.2 Å². The van der Waals surface area contributed by atoms with Gasteiger partial charge in [0.1, 0.15) is 22.8 Å². The number of esters is 1. The quantitative estimate of drug-likeness (QED) is 0.311. The Labute approximate surface area is 172 Å². The molecule has 7 nitrogen and oxygen atoms in total. The number of para-hydroxylation sites is 1. The predicted molar refractivity (Wildman–Crippen MR) is 107 cm³/mol. The van der Waals surface area contributed by atoms with Crippen molar-refractivity contribution in [1.29, 1.82) is 0 Å². The van der Waals surface area contributed by atoms with Crippen LogP contribution in [0.25, 0.3) is 5.57 Å². The first-order valence-electron chi connectivity index (χ1n) is 8.46. The summed E-state index contributed by atoms with van der Waals surface area (Å²) in [5.41, 5.74) is 0.755. The second-order valence-electron chi connectivity index (χ2n) is 5.63. The lowest BCUT2D eigenvalue weighted by atomic mass is 10.1. The lowest BCUT2D eigenvalue weighted by molar-refractivity contribution is -0.133. The first-order chi connectivity index (χ1) is 14.1. The smallest absolute Gasteiger partial charge is 0.341 e. The Morgan fingerprint density at radius 3 is 2.38 bits per heavy atom. The van der Waals surface area contributed by atoms with Crippen LogP contribution in [0.3, 0.4) is 0 Å². The molecule has 3 aromatic rings. The minimum atomic E-state index is -0.540. The van der Waals surface area contributed by atoms with Crippen LogP contribution in [-0.2, 0) is 14.3 Å². The molecule has 1 aromatic heterocycles. The summed E-state index contributed by atoms with van der Waals surface area (Å²) in [4.78, 5) is 12.1.